The lowest BCUT2D eigenvalue weighted by molar-refractivity contribution is 0.483. The van der Waals surface area contributed by atoms with Crippen LogP contribution >= 0.6 is 0 Å². The molecule has 0 bridgehead atoms. The summed E-state index contributed by atoms with van der Waals surface area (Å²) in [6, 6.07) is 72.0. The van der Waals surface area contributed by atoms with Crippen molar-refractivity contribution in [2.45, 2.75) is 71.1 Å². The number of ether oxygens (including phenoxy) is 1. The van der Waals surface area contributed by atoms with Crippen LogP contribution in [0.5, 0.6) is 11.5 Å². The van der Waals surface area contributed by atoms with Crippen LogP contribution in [0.2, 0.25) is 0 Å². The average molecular weight is 1070 g/mol. The number of fused-ring (bicyclic) bond motifs is 13. The highest BCUT2D eigenvalue weighted by atomic mass is 16.5. The van der Waals surface area contributed by atoms with Gasteiger partial charge in [-0.3, -0.25) is 4.57 Å². The summed E-state index contributed by atoms with van der Waals surface area (Å²) in [6.07, 6.45) is 2.28. The zero-order chi connectivity index (χ0) is 61.6. The summed E-state index contributed by atoms with van der Waals surface area (Å²) in [7, 11) is 0. The van der Waals surface area contributed by atoms with Crippen LogP contribution < -0.4 is 14.5 Å². The second kappa shape index (κ2) is 18.6. The molecule has 0 amide bonds. The Balaban J connectivity index is 0.897. The normalized spacial score (nSPS) is 15.4. The Morgan fingerprint density at radius 2 is 1.13 bits per heavy atom. The maximum atomic E-state index is 9.10. The molecule has 15 rings (SSSR count). The number of aromatic nitrogens is 2. The largest absolute Gasteiger partial charge is 0.457 e. The predicted molar refractivity (Wildman–Crippen MR) is 340 cm³/mol. The van der Waals surface area contributed by atoms with Crippen molar-refractivity contribution in [3.8, 4) is 50.7 Å². The van der Waals surface area contributed by atoms with Gasteiger partial charge < -0.3 is 14.5 Å². The standard InChI is InChI=1S/C77H64N4O/c1-49-39-40-78-72(41-49)81-68-34-15-11-25-59(68)60-38-37-57(47-71(60)81)82-56-24-18-23-55(46-56)79-48-80(70-36-17-16-35-69(70)79)74-58(52-43-53(75(2,3)4)45-54(44-52)76(5,6)7)27-19-29-62(74)61-28-20-33-67-73(61)63-26-10-14-32-66(63)77(67)64-30-12-8-21-50(64)42-51-22-9-13-31-65(51)77/h8-41,43-47H,42,48H2,1-7H3/i1D3,11D,15D,25D,34D. The molecule has 2 aliphatic carbocycles. The summed E-state index contributed by atoms with van der Waals surface area (Å²) in [4.78, 5) is 9.42. The average Bonchev–Trinajstić information content (AvgIpc) is 1.58. The van der Waals surface area contributed by atoms with E-state index < -0.39 is 18.3 Å². The fourth-order valence-electron chi connectivity index (χ4n) is 13.5. The summed E-state index contributed by atoms with van der Waals surface area (Å²) in [5.74, 6) is 1.20. The van der Waals surface area contributed by atoms with Crippen LogP contribution in [0.1, 0.15) is 101 Å². The highest BCUT2D eigenvalue weighted by Gasteiger charge is 2.50. The number of aryl methyl sites for hydroxylation is 1. The molecular formula is C77H64N4O. The molecule has 10 aromatic carbocycles. The Morgan fingerprint density at radius 1 is 0.512 bits per heavy atom. The van der Waals surface area contributed by atoms with E-state index in [0.29, 0.717) is 34.5 Å². The van der Waals surface area contributed by atoms with Crippen LogP contribution in [0.3, 0.4) is 0 Å². The predicted octanol–water partition coefficient (Wildman–Crippen LogP) is 19.7. The molecule has 82 heavy (non-hydrogen) atoms. The quantitative estimate of drug-likeness (QED) is 0.159. The minimum absolute atomic E-state index is 0.0497. The monoisotopic (exact) mass is 1070 g/mol. The highest BCUT2D eigenvalue weighted by Crippen LogP contribution is 2.62. The molecule has 0 fully saturated rings. The zero-order valence-corrected chi connectivity index (χ0v) is 46.8. The van der Waals surface area contributed by atoms with Gasteiger partial charge in [0.25, 0.3) is 0 Å². The van der Waals surface area contributed by atoms with E-state index in [2.05, 4.69) is 214 Å². The molecule has 0 radical (unpaired) electrons. The third kappa shape index (κ3) is 7.70. The number of benzene rings is 10. The summed E-state index contributed by atoms with van der Waals surface area (Å²) < 4.78 is 68.4. The molecule has 2 aromatic heterocycles. The van der Waals surface area contributed by atoms with Gasteiger partial charge in [0.1, 0.15) is 24.0 Å². The van der Waals surface area contributed by atoms with E-state index in [0.717, 1.165) is 51.4 Å². The third-order valence-electron chi connectivity index (χ3n) is 17.3. The lowest BCUT2D eigenvalue weighted by Gasteiger charge is -2.40. The van der Waals surface area contributed by atoms with Crippen molar-refractivity contribution in [1.82, 2.24) is 9.55 Å². The molecule has 0 atom stereocenters. The van der Waals surface area contributed by atoms with Gasteiger partial charge in [0.05, 0.1) is 39.0 Å². The van der Waals surface area contributed by atoms with Crippen molar-refractivity contribution in [2.75, 3.05) is 16.5 Å². The molecule has 5 nitrogen and oxygen atoms in total. The van der Waals surface area contributed by atoms with E-state index in [-0.39, 0.29) is 45.9 Å². The van der Waals surface area contributed by atoms with Crippen LogP contribution in [0.15, 0.2) is 237 Å². The van der Waals surface area contributed by atoms with Crippen molar-refractivity contribution < 1.29 is 14.3 Å². The molecular weight excluding hydrogens is 997 g/mol. The zero-order valence-electron chi connectivity index (χ0n) is 53.8. The molecule has 0 saturated carbocycles. The first-order valence-corrected chi connectivity index (χ1v) is 28.3. The van der Waals surface area contributed by atoms with E-state index in [4.69, 9.17) is 14.3 Å². The fraction of sp³-hybridized carbons (Fsp3) is 0.156. The summed E-state index contributed by atoms with van der Waals surface area (Å²) in [6.45, 7) is 11.8. The summed E-state index contributed by atoms with van der Waals surface area (Å²) in [5.41, 5.74) is 21.5. The first-order chi connectivity index (χ1) is 42.7. The Morgan fingerprint density at radius 3 is 1.89 bits per heavy atom. The number of nitrogens with zero attached hydrogens (tertiary/aromatic N) is 4. The van der Waals surface area contributed by atoms with Gasteiger partial charge >= 0.3 is 0 Å². The first kappa shape index (κ1) is 42.4. The van der Waals surface area contributed by atoms with Crippen molar-refractivity contribution in [3.63, 3.8) is 0 Å². The van der Waals surface area contributed by atoms with Gasteiger partial charge in [-0.05, 0) is 151 Å². The van der Waals surface area contributed by atoms with Crippen molar-refractivity contribution >= 4 is 44.6 Å². The Kier molecular flexibility index (Phi) is 9.60. The lowest BCUT2D eigenvalue weighted by atomic mass is 9.61. The second-order valence-corrected chi connectivity index (χ2v) is 24.2. The molecule has 5 heteroatoms. The number of anilines is 4. The van der Waals surface area contributed by atoms with Gasteiger partial charge in [-0.1, -0.05) is 205 Å². The minimum Gasteiger partial charge on any atom is -0.457 e. The molecule has 0 saturated heterocycles. The van der Waals surface area contributed by atoms with Gasteiger partial charge in [-0.25, -0.2) is 4.98 Å². The van der Waals surface area contributed by atoms with E-state index >= 15 is 0 Å². The first-order valence-electron chi connectivity index (χ1n) is 31.8. The maximum Gasteiger partial charge on any atom is 0.137 e. The van der Waals surface area contributed by atoms with Crippen molar-refractivity contribution in [2.24, 2.45) is 0 Å². The molecule has 398 valence electrons. The van der Waals surface area contributed by atoms with Crippen LogP contribution in [0.4, 0.5) is 22.7 Å². The van der Waals surface area contributed by atoms with Crippen LogP contribution in [0, 0.1) is 6.85 Å². The van der Waals surface area contributed by atoms with Crippen molar-refractivity contribution in [1.29, 1.82) is 0 Å². The van der Waals surface area contributed by atoms with Gasteiger partial charge in [0, 0.05) is 50.0 Å². The lowest BCUT2D eigenvalue weighted by Crippen LogP contribution is -2.34. The summed E-state index contributed by atoms with van der Waals surface area (Å²) >= 11 is 0. The van der Waals surface area contributed by atoms with Crippen LogP contribution in [-0.4, -0.2) is 16.2 Å². The number of para-hydroxylation sites is 4. The molecule has 3 aliphatic rings. The molecule has 0 unspecified atom stereocenters. The maximum absolute atomic E-state index is 9.10. The smallest absolute Gasteiger partial charge is 0.137 e. The van der Waals surface area contributed by atoms with E-state index in [9.17, 15) is 0 Å². The number of hydrogen-bond donors (Lipinski definition) is 0. The van der Waals surface area contributed by atoms with Crippen LogP contribution in [0.25, 0.3) is 61.0 Å². The van der Waals surface area contributed by atoms with Gasteiger partial charge in [0.2, 0.25) is 0 Å². The second-order valence-electron chi connectivity index (χ2n) is 24.2. The summed E-state index contributed by atoms with van der Waals surface area (Å²) in [5, 5.41) is 0.835. The molecule has 0 N–H and O–H groups in total. The minimum atomic E-state index is -2.45. The van der Waals surface area contributed by atoms with E-state index in [1.165, 1.54) is 74.0 Å². The number of hydrogen-bond acceptors (Lipinski definition) is 4. The number of pyridine rings is 1. The SMILES string of the molecule is [2H]c1c([2H])c([2H])c2c(c1[2H])c1ccc(Oc3cccc(N4CN(c5c(-c6cc(C(C)(C)C)cc(C(C)(C)C)c6)cccc5-c5cccc6c5-c5ccccc5C65c6ccccc6Cc6ccccc65)c5ccccc54)c3)cc1n2-c1cc(C([2H])([2H])[2H])ccn1. The van der Waals surface area contributed by atoms with Gasteiger partial charge in [-0.2, -0.15) is 0 Å². The third-order valence-corrected chi connectivity index (χ3v) is 17.3. The van der Waals surface area contributed by atoms with E-state index in [1.54, 1.807) is 22.8 Å². The van der Waals surface area contributed by atoms with E-state index in [1.807, 2.05) is 18.2 Å². The topological polar surface area (TPSA) is 33.5 Å². The molecule has 12 aromatic rings. The molecule has 3 heterocycles. The Bertz CT molecular complexity index is 4850. The Labute approximate surface area is 491 Å². The van der Waals surface area contributed by atoms with Crippen LogP contribution in [-0.2, 0) is 22.7 Å². The van der Waals surface area contributed by atoms with Crippen molar-refractivity contribution in [3.05, 3.63) is 287 Å². The van der Waals surface area contributed by atoms with Gasteiger partial charge in [0.15, 0.2) is 0 Å². The fourth-order valence-corrected chi connectivity index (χ4v) is 13.5. The highest BCUT2D eigenvalue weighted by molar-refractivity contribution is 6.10. The number of rotatable bonds is 7. The molecule has 1 aliphatic heterocycles. The molecule has 1 spiro atoms. The van der Waals surface area contributed by atoms with Gasteiger partial charge in [-0.15, -0.1) is 0 Å². The Hall–Kier alpha value is -9.45.